The highest BCUT2D eigenvalue weighted by Gasteiger charge is 2.23. The number of anilines is 1. The van der Waals surface area contributed by atoms with Crippen molar-refractivity contribution in [1.29, 1.82) is 5.41 Å². The summed E-state index contributed by atoms with van der Waals surface area (Å²) in [4.78, 5) is 38.7. The predicted octanol–water partition coefficient (Wildman–Crippen LogP) is 5.33. The Kier molecular flexibility index (Phi) is 11.8. The number of benzene rings is 5. The van der Waals surface area contributed by atoms with Gasteiger partial charge in [0.1, 0.15) is 17.5 Å². The average molecular weight is 677 g/mol. The van der Waals surface area contributed by atoms with Crippen molar-refractivity contribution in [2.24, 2.45) is 5.73 Å². The van der Waals surface area contributed by atoms with Gasteiger partial charge in [-0.1, -0.05) is 73.7 Å². The van der Waals surface area contributed by atoms with Crippen LogP contribution in [0, 0.1) is 5.41 Å². The smallest absolute Gasteiger partial charge is 0.274 e. The Hall–Kier alpha value is -6.14. The summed E-state index contributed by atoms with van der Waals surface area (Å²) in [6.45, 7) is 2.50. The van der Waals surface area contributed by atoms with Gasteiger partial charge in [0.05, 0.1) is 6.61 Å². The van der Waals surface area contributed by atoms with Gasteiger partial charge in [-0.25, -0.2) is 5.48 Å². The Bertz CT molecular complexity index is 2020. The Labute approximate surface area is 289 Å². The van der Waals surface area contributed by atoms with Crippen molar-refractivity contribution in [3.8, 4) is 22.6 Å². The van der Waals surface area contributed by atoms with Crippen LogP contribution >= 0.6 is 0 Å². The molecule has 0 bridgehead atoms. The molecule has 0 saturated heterocycles. The standard InChI is InChI=1S/C38H40N6O6/c1-2-21-49-31-18-16-24-9-3-5-13-28(24)34(31)35-29-14-6-4-10-25(29)17-19-32(35)50-23-33(45)43-30(15-8-20-41-38(39)40)37(47)42-27-12-7-11-26(22-27)36(46)44-48/h3-7,9-14,16-19,22,30,48H,2,8,15,20-21,23H2,1H3,(H,42,47)(H,43,45)(H,44,46)(H4,39,40,41)/t30-/m1/s1. The molecule has 0 spiro atoms. The fourth-order valence-corrected chi connectivity index (χ4v) is 5.68. The molecule has 258 valence electrons. The van der Waals surface area contributed by atoms with E-state index in [4.69, 9.17) is 25.8 Å². The molecule has 1 atom stereocenters. The van der Waals surface area contributed by atoms with Crippen LogP contribution < -0.4 is 36.6 Å². The molecule has 50 heavy (non-hydrogen) atoms. The summed E-state index contributed by atoms with van der Waals surface area (Å²) in [6.07, 6.45) is 1.44. The van der Waals surface area contributed by atoms with Gasteiger partial charge in [-0.3, -0.25) is 25.0 Å². The maximum atomic E-state index is 13.4. The molecule has 12 heteroatoms. The second-order valence-corrected chi connectivity index (χ2v) is 11.6. The molecule has 12 nitrogen and oxygen atoms in total. The Balaban J connectivity index is 1.41. The third-order valence-electron chi connectivity index (χ3n) is 7.98. The van der Waals surface area contributed by atoms with E-state index >= 15 is 0 Å². The largest absolute Gasteiger partial charge is 0.493 e. The molecule has 5 rings (SSSR count). The molecule has 0 aliphatic rings. The Morgan fingerprint density at radius 2 is 1.48 bits per heavy atom. The molecular formula is C38H40N6O6. The third-order valence-corrected chi connectivity index (χ3v) is 7.98. The molecule has 5 aromatic rings. The minimum atomic E-state index is -0.988. The van der Waals surface area contributed by atoms with Crippen LogP contribution in [-0.4, -0.2) is 54.7 Å². The van der Waals surface area contributed by atoms with Crippen molar-refractivity contribution in [2.45, 2.75) is 32.2 Å². The van der Waals surface area contributed by atoms with Crippen LogP contribution in [0.1, 0.15) is 36.5 Å². The van der Waals surface area contributed by atoms with Gasteiger partial charge in [-0.2, -0.15) is 0 Å². The average Bonchev–Trinajstić information content (AvgIpc) is 3.13. The van der Waals surface area contributed by atoms with Crippen LogP contribution in [0.15, 0.2) is 97.1 Å². The van der Waals surface area contributed by atoms with Crippen LogP contribution in [0.2, 0.25) is 0 Å². The minimum absolute atomic E-state index is 0.130. The summed E-state index contributed by atoms with van der Waals surface area (Å²) >= 11 is 0. The molecule has 3 amide bonds. The van der Waals surface area contributed by atoms with Crippen molar-refractivity contribution in [3.63, 3.8) is 0 Å². The van der Waals surface area contributed by atoms with Crippen molar-refractivity contribution in [3.05, 3.63) is 103 Å². The van der Waals surface area contributed by atoms with E-state index in [1.165, 1.54) is 12.1 Å². The van der Waals surface area contributed by atoms with Crippen molar-refractivity contribution in [1.82, 2.24) is 16.1 Å². The van der Waals surface area contributed by atoms with Gasteiger partial charge in [0.15, 0.2) is 12.6 Å². The fourth-order valence-electron chi connectivity index (χ4n) is 5.68. The number of amides is 3. The quantitative estimate of drug-likeness (QED) is 0.0255. The van der Waals surface area contributed by atoms with E-state index in [0.717, 1.165) is 39.1 Å². The molecule has 0 saturated carbocycles. The molecule has 0 aromatic heterocycles. The number of carbonyl (C=O) groups excluding carboxylic acids is 3. The number of nitrogens with two attached hydrogens (primary N) is 1. The molecule has 0 radical (unpaired) electrons. The highest BCUT2D eigenvalue weighted by molar-refractivity contribution is 6.10. The lowest BCUT2D eigenvalue weighted by molar-refractivity contribution is -0.128. The van der Waals surface area contributed by atoms with Crippen LogP contribution in [0.4, 0.5) is 5.69 Å². The predicted molar refractivity (Wildman–Crippen MR) is 194 cm³/mol. The van der Waals surface area contributed by atoms with Gasteiger partial charge < -0.3 is 31.2 Å². The molecule has 5 aromatic carbocycles. The van der Waals surface area contributed by atoms with E-state index in [2.05, 4.69) is 16.0 Å². The monoisotopic (exact) mass is 676 g/mol. The summed E-state index contributed by atoms with van der Waals surface area (Å²) in [5.74, 6) is -0.822. The summed E-state index contributed by atoms with van der Waals surface area (Å²) in [5, 5.41) is 28.5. The van der Waals surface area contributed by atoms with Crippen molar-refractivity contribution < 1.29 is 29.1 Å². The van der Waals surface area contributed by atoms with Crippen LogP contribution in [0.3, 0.4) is 0 Å². The van der Waals surface area contributed by atoms with E-state index in [0.29, 0.717) is 36.8 Å². The topological polar surface area (TPSA) is 188 Å². The first-order valence-corrected chi connectivity index (χ1v) is 16.3. The minimum Gasteiger partial charge on any atom is -0.493 e. The first-order valence-electron chi connectivity index (χ1n) is 16.3. The molecule has 0 unspecified atom stereocenters. The molecule has 0 fully saturated rings. The van der Waals surface area contributed by atoms with Gasteiger partial charge in [0.2, 0.25) is 5.91 Å². The molecule has 0 aliphatic heterocycles. The lowest BCUT2D eigenvalue weighted by Gasteiger charge is -2.21. The third kappa shape index (κ3) is 8.65. The number of carbonyl (C=O) groups is 3. The number of guanidine groups is 1. The number of nitrogens with one attached hydrogen (secondary N) is 5. The van der Waals surface area contributed by atoms with Crippen molar-refractivity contribution in [2.75, 3.05) is 25.1 Å². The van der Waals surface area contributed by atoms with Gasteiger partial charge in [-0.05, 0) is 71.1 Å². The zero-order valence-corrected chi connectivity index (χ0v) is 27.6. The number of hydrogen-bond donors (Lipinski definition) is 7. The lowest BCUT2D eigenvalue weighted by Crippen LogP contribution is -2.46. The lowest BCUT2D eigenvalue weighted by atomic mass is 9.92. The molecular weight excluding hydrogens is 636 g/mol. The highest BCUT2D eigenvalue weighted by Crippen LogP contribution is 2.45. The fraction of sp³-hybridized carbons (Fsp3) is 0.211. The van der Waals surface area contributed by atoms with E-state index in [9.17, 15) is 14.4 Å². The first kappa shape index (κ1) is 35.2. The zero-order valence-electron chi connectivity index (χ0n) is 27.6. The van der Waals surface area contributed by atoms with E-state index in [1.807, 2.05) is 79.7 Å². The van der Waals surface area contributed by atoms with Crippen LogP contribution in [0.25, 0.3) is 32.7 Å². The second-order valence-electron chi connectivity index (χ2n) is 11.6. The SMILES string of the molecule is CCCOc1ccc2ccccc2c1-c1c(OCC(=O)N[C@H](CCCNC(=N)N)C(=O)Nc2cccc(C(=O)NO)c2)ccc2ccccc12. The van der Waals surface area contributed by atoms with Gasteiger partial charge >= 0.3 is 0 Å². The molecule has 0 heterocycles. The molecule has 8 N–H and O–H groups in total. The van der Waals surface area contributed by atoms with Gasteiger partial charge in [0, 0.05) is 28.9 Å². The number of rotatable bonds is 15. The van der Waals surface area contributed by atoms with Crippen molar-refractivity contribution >= 4 is 50.9 Å². The van der Waals surface area contributed by atoms with Crippen LogP contribution in [-0.2, 0) is 9.59 Å². The van der Waals surface area contributed by atoms with E-state index in [-0.39, 0.29) is 24.6 Å². The molecule has 0 aliphatic carbocycles. The summed E-state index contributed by atoms with van der Waals surface area (Å²) < 4.78 is 12.5. The first-order chi connectivity index (χ1) is 24.3. The van der Waals surface area contributed by atoms with E-state index < -0.39 is 23.8 Å². The Morgan fingerprint density at radius 1 is 0.840 bits per heavy atom. The summed E-state index contributed by atoms with van der Waals surface area (Å²) in [7, 11) is 0. The zero-order chi connectivity index (χ0) is 35.5. The number of hydrogen-bond acceptors (Lipinski definition) is 7. The Morgan fingerprint density at radius 3 is 2.10 bits per heavy atom. The summed E-state index contributed by atoms with van der Waals surface area (Å²) in [6, 6.07) is 28.8. The van der Waals surface area contributed by atoms with E-state index in [1.54, 1.807) is 17.6 Å². The number of ether oxygens (including phenoxy) is 2. The highest BCUT2D eigenvalue weighted by atomic mass is 16.5. The number of hydroxylamine groups is 1. The normalized spacial score (nSPS) is 11.4. The summed E-state index contributed by atoms with van der Waals surface area (Å²) in [5.41, 5.74) is 9.03. The van der Waals surface area contributed by atoms with Gasteiger partial charge in [-0.15, -0.1) is 0 Å². The second kappa shape index (κ2) is 16.8. The van der Waals surface area contributed by atoms with Crippen LogP contribution in [0.5, 0.6) is 11.5 Å². The van der Waals surface area contributed by atoms with Gasteiger partial charge in [0.25, 0.3) is 11.8 Å². The maximum Gasteiger partial charge on any atom is 0.274 e. The number of fused-ring (bicyclic) bond motifs is 2. The maximum absolute atomic E-state index is 13.4.